The zero-order chi connectivity index (χ0) is 15.5. The summed E-state index contributed by atoms with van der Waals surface area (Å²) in [6.45, 7) is 0.889. The van der Waals surface area contributed by atoms with Gasteiger partial charge in [-0.25, -0.2) is 0 Å². The van der Waals surface area contributed by atoms with Crippen molar-refractivity contribution in [3.05, 3.63) is 35.9 Å². The molecule has 1 amide bonds. The van der Waals surface area contributed by atoms with Crippen molar-refractivity contribution in [1.29, 1.82) is 0 Å². The normalized spacial score (nSPS) is 26.1. The van der Waals surface area contributed by atoms with Crippen LogP contribution < -0.4 is 0 Å². The Balaban J connectivity index is 1.75. The summed E-state index contributed by atoms with van der Waals surface area (Å²) in [4.78, 5) is 26.1. The number of hydrogen-bond acceptors (Lipinski definition) is 2. The molecule has 1 heterocycles. The molecular weight excluding hydrogens is 278 g/mol. The van der Waals surface area contributed by atoms with E-state index >= 15 is 0 Å². The van der Waals surface area contributed by atoms with Gasteiger partial charge in [-0.2, -0.15) is 0 Å². The minimum Gasteiger partial charge on any atom is -0.481 e. The smallest absolute Gasteiger partial charge is 0.308 e. The number of carbonyl (C=O) groups excluding carboxylic acids is 1. The van der Waals surface area contributed by atoms with Gasteiger partial charge in [0.2, 0.25) is 5.91 Å². The summed E-state index contributed by atoms with van der Waals surface area (Å²) in [5, 5.41) is 9.52. The fourth-order valence-corrected chi connectivity index (χ4v) is 3.88. The quantitative estimate of drug-likeness (QED) is 0.934. The molecule has 4 nitrogen and oxygen atoms in total. The molecule has 2 fully saturated rings. The van der Waals surface area contributed by atoms with Gasteiger partial charge in [0.05, 0.1) is 5.92 Å². The second-order valence-electron chi connectivity index (χ2n) is 6.54. The zero-order valence-electron chi connectivity index (χ0n) is 12.8. The average Bonchev–Trinajstić information content (AvgIpc) is 3.01. The standard InChI is InChI=1S/C18H23NO3/c20-17(14-9-5-2-6-10-14)19-11-15(16(12-19)18(21)22)13-7-3-1-4-8-13/h1,3-4,7-8,14-16H,2,5-6,9-12H2,(H,21,22)/t15-,16-/m1/s1. The molecule has 1 saturated carbocycles. The lowest BCUT2D eigenvalue weighted by molar-refractivity contribution is -0.142. The van der Waals surface area contributed by atoms with Gasteiger partial charge in [-0.15, -0.1) is 0 Å². The third kappa shape index (κ3) is 3.01. The first-order valence-electron chi connectivity index (χ1n) is 8.23. The highest BCUT2D eigenvalue weighted by molar-refractivity contribution is 5.81. The molecule has 22 heavy (non-hydrogen) atoms. The largest absolute Gasteiger partial charge is 0.481 e. The van der Waals surface area contributed by atoms with Gasteiger partial charge < -0.3 is 10.0 Å². The van der Waals surface area contributed by atoms with Gasteiger partial charge >= 0.3 is 5.97 Å². The van der Waals surface area contributed by atoms with E-state index in [1.165, 1.54) is 6.42 Å². The molecule has 2 atom stereocenters. The second kappa shape index (κ2) is 6.51. The summed E-state index contributed by atoms with van der Waals surface area (Å²) < 4.78 is 0. The minimum absolute atomic E-state index is 0.0914. The number of nitrogens with zero attached hydrogens (tertiary/aromatic N) is 1. The molecule has 0 aromatic heterocycles. The maximum absolute atomic E-state index is 12.7. The molecule has 1 aromatic rings. The van der Waals surface area contributed by atoms with Crippen LogP contribution in [-0.2, 0) is 9.59 Å². The summed E-state index contributed by atoms with van der Waals surface area (Å²) in [5.74, 6) is -1.10. The van der Waals surface area contributed by atoms with E-state index in [2.05, 4.69) is 0 Å². The van der Waals surface area contributed by atoms with Crippen LogP contribution in [0, 0.1) is 11.8 Å². The third-order valence-corrected chi connectivity index (χ3v) is 5.13. The maximum Gasteiger partial charge on any atom is 0.308 e. The van der Waals surface area contributed by atoms with E-state index in [-0.39, 0.29) is 17.7 Å². The Hall–Kier alpha value is -1.84. The van der Waals surface area contributed by atoms with Gasteiger partial charge in [-0.05, 0) is 18.4 Å². The highest BCUT2D eigenvalue weighted by atomic mass is 16.4. The molecule has 1 saturated heterocycles. The van der Waals surface area contributed by atoms with Crippen LogP contribution in [0.15, 0.2) is 30.3 Å². The van der Waals surface area contributed by atoms with Crippen molar-refractivity contribution in [3.8, 4) is 0 Å². The molecule has 3 rings (SSSR count). The molecule has 0 unspecified atom stereocenters. The molecular formula is C18H23NO3. The van der Waals surface area contributed by atoms with Crippen LogP contribution in [0.3, 0.4) is 0 Å². The lowest BCUT2D eigenvalue weighted by Gasteiger charge is -2.26. The number of aliphatic carboxylic acids is 1. The number of hydrogen-bond donors (Lipinski definition) is 1. The molecule has 118 valence electrons. The Morgan fingerprint density at radius 3 is 2.32 bits per heavy atom. The van der Waals surface area contributed by atoms with E-state index in [1.807, 2.05) is 30.3 Å². The van der Waals surface area contributed by atoms with Crippen LogP contribution >= 0.6 is 0 Å². The Morgan fingerprint density at radius 1 is 1.00 bits per heavy atom. The SMILES string of the molecule is O=C(O)[C@@H]1CN(C(=O)C2CCCCC2)C[C@@H]1c1ccccc1. The van der Waals surface area contributed by atoms with Crippen molar-refractivity contribution >= 4 is 11.9 Å². The van der Waals surface area contributed by atoms with Crippen LogP contribution in [0.2, 0.25) is 0 Å². The molecule has 1 aliphatic heterocycles. The van der Waals surface area contributed by atoms with Crippen molar-refractivity contribution in [1.82, 2.24) is 4.90 Å². The van der Waals surface area contributed by atoms with Gasteiger partial charge in [0.1, 0.15) is 0 Å². The lowest BCUT2D eigenvalue weighted by Crippen LogP contribution is -2.36. The van der Waals surface area contributed by atoms with Crippen molar-refractivity contribution in [3.63, 3.8) is 0 Å². The first-order valence-corrected chi connectivity index (χ1v) is 8.23. The van der Waals surface area contributed by atoms with E-state index in [0.29, 0.717) is 13.1 Å². The maximum atomic E-state index is 12.7. The fraction of sp³-hybridized carbons (Fsp3) is 0.556. The molecule has 1 N–H and O–H groups in total. The highest BCUT2D eigenvalue weighted by Gasteiger charge is 2.41. The molecule has 2 aliphatic rings. The fourth-order valence-electron chi connectivity index (χ4n) is 3.88. The Bertz CT molecular complexity index is 537. The molecule has 1 aliphatic carbocycles. The molecule has 0 radical (unpaired) electrons. The predicted octanol–water partition coefficient (Wildman–Crippen LogP) is 2.89. The van der Waals surface area contributed by atoms with Gasteiger partial charge in [0, 0.05) is 24.9 Å². The first-order chi connectivity index (χ1) is 10.7. The summed E-state index contributed by atoms with van der Waals surface area (Å²) >= 11 is 0. The summed E-state index contributed by atoms with van der Waals surface area (Å²) in [5.41, 5.74) is 1.02. The number of carboxylic acid groups (broad SMARTS) is 1. The predicted molar refractivity (Wildman–Crippen MR) is 83.5 cm³/mol. The van der Waals surface area contributed by atoms with E-state index in [1.54, 1.807) is 4.90 Å². The number of carbonyl (C=O) groups is 2. The number of amides is 1. The van der Waals surface area contributed by atoms with E-state index in [4.69, 9.17) is 0 Å². The lowest BCUT2D eigenvalue weighted by atomic mass is 9.88. The van der Waals surface area contributed by atoms with Gasteiger partial charge in [-0.1, -0.05) is 49.6 Å². The number of benzene rings is 1. The molecule has 0 bridgehead atoms. The summed E-state index contributed by atoms with van der Waals surface area (Å²) in [6, 6.07) is 9.73. The van der Waals surface area contributed by atoms with Crippen LogP contribution in [-0.4, -0.2) is 35.0 Å². The van der Waals surface area contributed by atoms with E-state index in [9.17, 15) is 14.7 Å². The van der Waals surface area contributed by atoms with Crippen molar-refractivity contribution in [2.45, 2.75) is 38.0 Å². The minimum atomic E-state index is -0.798. The van der Waals surface area contributed by atoms with E-state index < -0.39 is 11.9 Å². The average molecular weight is 301 g/mol. The Morgan fingerprint density at radius 2 is 1.68 bits per heavy atom. The van der Waals surface area contributed by atoms with Gasteiger partial charge in [-0.3, -0.25) is 9.59 Å². The monoisotopic (exact) mass is 301 g/mol. The Labute approximate surface area is 131 Å². The number of likely N-dealkylation sites (tertiary alicyclic amines) is 1. The van der Waals surface area contributed by atoms with Gasteiger partial charge in [0.15, 0.2) is 0 Å². The number of carboxylic acids is 1. The molecule has 1 aromatic carbocycles. The van der Waals surface area contributed by atoms with Crippen molar-refractivity contribution in [2.75, 3.05) is 13.1 Å². The first kappa shape index (κ1) is 15.1. The van der Waals surface area contributed by atoms with Crippen LogP contribution in [0.1, 0.15) is 43.6 Å². The van der Waals surface area contributed by atoms with Crippen molar-refractivity contribution in [2.24, 2.45) is 11.8 Å². The van der Waals surface area contributed by atoms with Crippen LogP contribution in [0.4, 0.5) is 0 Å². The molecule has 0 spiro atoms. The molecule has 4 heteroatoms. The zero-order valence-corrected chi connectivity index (χ0v) is 12.8. The summed E-state index contributed by atoms with van der Waals surface area (Å²) in [6.07, 6.45) is 5.38. The van der Waals surface area contributed by atoms with Crippen molar-refractivity contribution < 1.29 is 14.7 Å². The van der Waals surface area contributed by atoms with Gasteiger partial charge in [0.25, 0.3) is 0 Å². The summed E-state index contributed by atoms with van der Waals surface area (Å²) in [7, 11) is 0. The Kier molecular flexibility index (Phi) is 4.46. The van der Waals surface area contributed by atoms with E-state index in [0.717, 1.165) is 31.2 Å². The van der Waals surface area contributed by atoms with Crippen LogP contribution in [0.25, 0.3) is 0 Å². The third-order valence-electron chi connectivity index (χ3n) is 5.13. The topological polar surface area (TPSA) is 57.6 Å². The van der Waals surface area contributed by atoms with Crippen LogP contribution in [0.5, 0.6) is 0 Å². The number of rotatable bonds is 3. The second-order valence-corrected chi connectivity index (χ2v) is 6.54. The highest BCUT2D eigenvalue weighted by Crippen LogP contribution is 2.35.